The van der Waals surface area contributed by atoms with E-state index in [1.54, 1.807) is 19.1 Å². The van der Waals surface area contributed by atoms with E-state index in [4.69, 9.17) is 0 Å². The summed E-state index contributed by atoms with van der Waals surface area (Å²) in [5.41, 5.74) is 1.53. The zero-order valence-corrected chi connectivity index (χ0v) is 5.89. The van der Waals surface area contributed by atoms with Crippen LogP contribution in [0.1, 0.15) is 11.1 Å². The molecule has 1 heteroatoms. The van der Waals surface area contributed by atoms with Gasteiger partial charge in [0.25, 0.3) is 0 Å². The van der Waals surface area contributed by atoms with Crippen LogP contribution in [0.3, 0.4) is 0 Å². The van der Waals surface area contributed by atoms with Crippen molar-refractivity contribution in [2.24, 2.45) is 0 Å². The summed E-state index contributed by atoms with van der Waals surface area (Å²) in [7, 11) is 0. The molecular formula is C9H9F. The second kappa shape index (κ2) is 2.65. The number of halogens is 1. The molecule has 0 aliphatic carbocycles. The molecule has 0 amide bonds. The fourth-order valence-corrected chi connectivity index (χ4v) is 0.845. The third kappa shape index (κ3) is 1.08. The molecule has 0 radical (unpaired) electrons. The third-order valence-electron chi connectivity index (χ3n) is 1.53. The molecule has 0 atom stereocenters. The van der Waals surface area contributed by atoms with Crippen LogP contribution in [-0.4, -0.2) is 0 Å². The lowest BCUT2D eigenvalue weighted by atomic mass is 10.1. The van der Waals surface area contributed by atoms with Gasteiger partial charge in [-0.25, -0.2) is 4.39 Å². The minimum atomic E-state index is -0.169. The van der Waals surface area contributed by atoms with Crippen LogP contribution in [0.15, 0.2) is 24.8 Å². The van der Waals surface area contributed by atoms with Crippen LogP contribution in [-0.2, 0) is 0 Å². The Balaban J connectivity index is 3.27. The number of benzene rings is 1. The number of hydrogen-bond acceptors (Lipinski definition) is 0. The van der Waals surface area contributed by atoms with E-state index in [1.807, 2.05) is 6.07 Å². The second-order valence-corrected chi connectivity index (χ2v) is 2.16. The topological polar surface area (TPSA) is 0 Å². The summed E-state index contributed by atoms with van der Waals surface area (Å²) in [6.07, 6.45) is 1.65. The SMILES string of the molecule is C=Cc1cccc(F)c1C. The zero-order valence-electron chi connectivity index (χ0n) is 5.89. The predicted octanol–water partition coefficient (Wildman–Crippen LogP) is 2.78. The quantitative estimate of drug-likeness (QED) is 0.556. The van der Waals surface area contributed by atoms with Crippen molar-refractivity contribution in [2.45, 2.75) is 6.92 Å². The van der Waals surface area contributed by atoms with Crippen molar-refractivity contribution < 1.29 is 4.39 Å². The lowest BCUT2D eigenvalue weighted by molar-refractivity contribution is 0.618. The maximum atomic E-state index is 12.7. The first-order chi connectivity index (χ1) is 4.75. The maximum Gasteiger partial charge on any atom is 0.126 e. The van der Waals surface area contributed by atoms with Gasteiger partial charge in [0.05, 0.1) is 0 Å². The molecule has 0 aliphatic rings. The van der Waals surface area contributed by atoms with Gasteiger partial charge in [0.2, 0.25) is 0 Å². The molecule has 0 saturated carbocycles. The second-order valence-electron chi connectivity index (χ2n) is 2.16. The minimum Gasteiger partial charge on any atom is -0.207 e. The van der Waals surface area contributed by atoms with Gasteiger partial charge in [0, 0.05) is 0 Å². The molecule has 0 saturated heterocycles. The molecule has 0 nitrogen and oxygen atoms in total. The van der Waals surface area contributed by atoms with Crippen LogP contribution in [0, 0.1) is 12.7 Å². The third-order valence-corrected chi connectivity index (χ3v) is 1.53. The average Bonchev–Trinajstić information content (AvgIpc) is 1.95. The molecule has 0 N–H and O–H groups in total. The molecule has 0 aliphatic heterocycles. The van der Waals surface area contributed by atoms with Gasteiger partial charge in [-0.05, 0) is 24.1 Å². The van der Waals surface area contributed by atoms with E-state index in [2.05, 4.69) is 6.58 Å². The first-order valence-electron chi connectivity index (χ1n) is 3.13. The van der Waals surface area contributed by atoms with Gasteiger partial charge in [0.1, 0.15) is 5.82 Å². The van der Waals surface area contributed by atoms with Crippen LogP contribution in [0.25, 0.3) is 6.08 Å². The van der Waals surface area contributed by atoms with Crippen LogP contribution in [0.4, 0.5) is 4.39 Å². The molecule has 1 aromatic rings. The van der Waals surface area contributed by atoms with Gasteiger partial charge in [-0.3, -0.25) is 0 Å². The standard InChI is InChI=1S/C9H9F/c1-3-8-5-4-6-9(10)7(8)2/h3-6H,1H2,2H3. The van der Waals surface area contributed by atoms with E-state index in [-0.39, 0.29) is 5.82 Å². The van der Waals surface area contributed by atoms with E-state index >= 15 is 0 Å². The van der Waals surface area contributed by atoms with E-state index < -0.39 is 0 Å². The van der Waals surface area contributed by atoms with Crippen LogP contribution < -0.4 is 0 Å². The molecular weight excluding hydrogens is 127 g/mol. The van der Waals surface area contributed by atoms with Gasteiger partial charge in [0.15, 0.2) is 0 Å². The average molecular weight is 136 g/mol. The first-order valence-corrected chi connectivity index (χ1v) is 3.13. The van der Waals surface area contributed by atoms with Crippen LogP contribution in [0.2, 0.25) is 0 Å². The van der Waals surface area contributed by atoms with Gasteiger partial charge in [-0.2, -0.15) is 0 Å². The van der Waals surface area contributed by atoms with Crippen molar-refractivity contribution >= 4 is 6.08 Å². The highest BCUT2D eigenvalue weighted by Crippen LogP contribution is 2.12. The molecule has 0 spiro atoms. The Morgan fingerprint density at radius 1 is 1.50 bits per heavy atom. The number of hydrogen-bond donors (Lipinski definition) is 0. The molecule has 0 aromatic heterocycles. The Labute approximate surface area is 60.0 Å². The van der Waals surface area contributed by atoms with E-state index in [1.165, 1.54) is 6.07 Å². The first kappa shape index (κ1) is 7.00. The molecule has 0 fully saturated rings. The lowest BCUT2D eigenvalue weighted by Crippen LogP contribution is -1.84. The van der Waals surface area contributed by atoms with Gasteiger partial charge in [-0.15, -0.1) is 0 Å². The summed E-state index contributed by atoms with van der Waals surface area (Å²) in [5, 5.41) is 0. The van der Waals surface area contributed by atoms with E-state index in [0.29, 0.717) is 5.56 Å². The Hall–Kier alpha value is -1.11. The summed E-state index contributed by atoms with van der Waals surface area (Å²) in [6.45, 7) is 5.31. The van der Waals surface area contributed by atoms with Crippen molar-refractivity contribution in [3.8, 4) is 0 Å². The van der Waals surface area contributed by atoms with Crippen LogP contribution in [0.5, 0.6) is 0 Å². The summed E-state index contributed by atoms with van der Waals surface area (Å²) in [4.78, 5) is 0. The van der Waals surface area contributed by atoms with Gasteiger partial charge < -0.3 is 0 Å². The van der Waals surface area contributed by atoms with Crippen molar-refractivity contribution in [1.29, 1.82) is 0 Å². The molecule has 1 rings (SSSR count). The zero-order chi connectivity index (χ0) is 7.56. The van der Waals surface area contributed by atoms with Gasteiger partial charge in [-0.1, -0.05) is 24.8 Å². The highest BCUT2D eigenvalue weighted by molar-refractivity contribution is 5.51. The Kier molecular flexibility index (Phi) is 1.86. The minimum absolute atomic E-state index is 0.169. The monoisotopic (exact) mass is 136 g/mol. The molecule has 0 heterocycles. The summed E-state index contributed by atoms with van der Waals surface area (Å²) in [5.74, 6) is -0.169. The number of rotatable bonds is 1. The highest BCUT2D eigenvalue weighted by atomic mass is 19.1. The Morgan fingerprint density at radius 3 is 2.70 bits per heavy atom. The predicted molar refractivity (Wildman–Crippen MR) is 41.2 cm³/mol. The highest BCUT2D eigenvalue weighted by Gasteiger charge is 1.97. The van der Waals surface area contributed by atoms with E-state index in [0.717, 1.165) is 5.56 Å². The van der Waals surface area contributed by atoms with Crippen molar-refractivity contribution in [3.05, 3.63) is 41.7 Å². The van der Waals surface area contributed by atoms with Crippen molar-refractivity contribution in [3.63, 3.8) is 0 Å². The summed E-state index contributed by atoms with van der Waals surface area (Å²) >= 11 is 0. The fourth-order valence-electron chi connectivity index (χ4n) is 0.845. The Bertz CT molecular complexity index is 251. The molecule has 0 bridgehead atoms. The summed E-state index contributed by atoms with van der Waals surface area (Å²) < 4.78 is 12.7. The normalized spacial score (nSPS) is 9.40. The Morgan fingerprint density at radius 2 is 2.20 bits per heavy atom. The maximum absolute atomic E-state index is 12.7. The largest absolute Gasteiger partial charge is 0.207 e. The van der Waals surface area contributed by atoms with E-state index in [9.17, 15) is 4.39 Å². The molecule has 10 heavy (non-hydrogen) atoms. The fraction of sp³-hybridized carbons (Fsp3) is 0.111. The van der Waals surface area contributed by atoms with Gasteiger partial charge >= 0.3 is 0 Å². The molecule has 0 unspecified atom stereocenters. The van der Waals surface area contributed by atoms with Crippen molar-refractivity contribution in [1.82, 2.24) is 0 Å². The molecule has 52 valence electrons. The summed E-state index contributed by atoms with van der Waals surface area (Å²) in [6, 6.07) is 4.97. The molecule has 1 aromatic carbocycles. The lowest BCUT2D eigenvalue weighted by Gasteiger charge is -1.98. The van der Waals surface area contributed by atoms with Crippen molar-refractivity contribution in [2.75, 3.05) is 0 Å². The smallest absolute Gasteiger partial charge is 0.126 e. The van der Waals surface area contributed by atoms with Crippen LogP contribution >= 0.6 is 0 Å².